The van der Waals surface area contributed by atoms with Crippen molar-refractivity contribution in [2.24, 2.45) is 0 Å². The van der Waals surface area contributed by atoms with E-state index in [0.717, 1.165) is 0 Å². The zero-order valence-electron chi connectivity index (χ0n) is 16.8. The zero-order valence-corrected chi connectivity index (χ0v) is 17.7. The zero-order chi connectivity index (χ0) is 21.2. The summed E-state index contributed by atoms with van der Waals surface area (Å²) in [5.74, 6) is 1.91. The Morgan fingerprint density at radius 2 is 1.24 bits per heavy atom. The first-order valence-corrected chi connectivity index (χ1v) is 10.1. The Bertz CT molecular complexity index is 846. The molecule has 0 N–H and O–H groups in total. The van der Waals surface area contributed by atoms with Crippen LogP contribution in [0, 0.1) is 0 Å². The molecule has 29 heavy (non-hydrogen) atoms. The maximum Gasteiger partial charge on any atom is 0.205 e. The molecular weight excluding hydrogens is 392 g/mol. The van der Waals surface area contributed by atoms with Crippen LogP contribution in [-0.4, -0.2) is 44.5 Å². The van der Waals surface area contributed by atoms with Crippen LogP contribution in [0.3, 0.4) is 0 Å². The lowest BCUT2D eigenvalue weighted by Crippen LogP contribution is -2.11. The summed E-state index contributed by atoms with van der Waals surface area (Å²) < 4.78 is 33.5. The lowest BCUT2D eigenvalue weighted by Gasteiger charge is -2.10. The molecule has 0 aliphatic heterocycles. The second-order valence-electron chi connectivity index (χ2n) is 5.78. The minimum Gasteiger partial charge on any atom is -0.612 e. The number of ketones is 1. The van der Waals surface area contributed by atoms with E-state index in [1.165, 1.54) is 11.5 Å². The molecule has 0 aliphatic rings. The molecule has 6 nitrogen and oxygen atoms in total. The van der Waals surface area contributed by atoms with E-state index in [2.05, 4.69) is 0 Å². The number of ether oxygens (including phenoxy) is 4. The number of methoxy groups -OCH3 is 4. The van der Waals surface area contributed by atoms with Crippen LogP contribution in [0.25, 0.3) is 12.2 Å². The van der Waals surface area contributed by atoms with Crippen LogP contribution in [-0.2, 0) is 16.0 Å². The van der Waals surface area contributed by atoms with Crippen molar-refractivity contribution in [1.29, 1.82) is 0 Å². The Morgan fingerprint density at radius 1 is 0.828 bits per heavy atom. The SMILES string of the molecule is COc1cccc(OC)c1/C=C/C(=O)C[S+]([O-])/C=C/c1c(OC)cccc1OC. The van der Waals surface area contributed by atoms with Crippen LogP contribution in [0.5, 0.6) is 23.0 Å². The first-order valence-electron chi connectivity index (χ1n) is 8.72. The molecule has 0 spiro atoms. The molecule has 0 aliphatic carbocycles. The Hall–Kier alpha value is -2.90. The highest BCUT2D eigenvalue weighted by molar-refractivity contribution is 7.95. The summed E-state index contributed by atoms with van der Waals surface area (Å²) in [7, 11) is 6.17. The average Bonchev–Trinajstić information content (AvgIpc) is 2.75. The van der Waals surface area contributed by atoms with Gasteiger partial charge in [-0.2, -0.15) is 0 Å². The van der Waals surface area contributed by atoms with E-state index in [-0.39, 0.29) is 11.5 Å². The fourth-order valence-electron chi connectivity index (χ4n) is 2.64. The van der Waals surface area contributed by atoms with Gasteiger partial charge in [0.2, 0.25) is 5.78 Å². The van der Waals surface area contributed by atoms with Crippen molar-refractivity contribution in [2.45, 2.75) is 0 Å². The van der Waals surface area contributed by atoms with Gasteiger partial charge in [0.25, 0.3) is 0 Å². The molecule has 0 radical (unpaired) electrons. The Morgan fingerprint density at radius 3 is 1.66 bits per heavy atom. The van der Waals surface area contributed by atoms with Crippen molar-refractivity contribution >= 4 is 29.1 Å². The molecule has 2 aromatic carbocycles. The van der Waals surface area contributed by atoms with Crippen LogP contribution in [0.15, 0.2) is 47.9 Å². The summed E-state index contributed by atoms with van der Waals surface area (Å²) in [5, 5.41) is 1.45. The van der Waals surface area contributed by atoms with E-state index in [1.54, 1.807) is 77.0 Å². The van der Waals surface area contributed by atoms with E-state index in [4.69, 9.17) is 18.9 Å². The van der Waals surface area contributed by atoms with Gasteiger partial charge in [-0.3, -0.25) is 4.79 Å². The molecule has 0 aromatic heterocycles. The number of hydrogen-bond acceptors (Lipinski definition) is 6. The van der Waals surface area contributed by atoms with E-state index in [0.29, 0.717) is 34.1 Å². The van der Waals surface area contributed by atoms with Gasteiger partial charge < -0.3 is 23.5 Å². The van der Waals surface area contributed by atoms with E-state index in [1.807, 2.05) is 0 Å². The molecule has 0 saturated heterocycles. The monoisotopic (exact) mass is 416 g/mol. The van der Waals surface area contributed by atoms with Gasteiger partial charge in [-0.05, 0) is 47.6 Å². The smallest absolute Gasteiger partial charge is 0.205 e. The van der Waals surface area contributed by atoms with Gasteiger partial charge in [0, 0.05) is 6.08 Å². The van der Waals surface area contributed by atoms with Crippen LogP contribution in [0.4, 0.5) is 0 Å². The van der Waals surface area contributed by atoms with Crippen molar-refractivity contribution in [1.82, 2.24) is 0 Å². The highest BCUT2D eigenvalue weighted by Crippen LogP contribution is 2.30. The number of hydrogen-bond donors (Lipinski definition) is 0. The van der Waals surface area contributed by atoms with Crippen molar-refractivity contribution < 1.29 is 28.3 Å². The van der Waals surface area contributed by atoms with E-state index in [9.17, 15) is 9.35 Å². The molecule has 1 unspecified atom stereocenters. The van der Waals surface area contributed by atoms with Crippen LogP contribution >= 0.6 is 0 Å². The molecule has 0 saturated carbocycles. The second kappa shape index (κ2) is 11.2. The third-order valence-electron chi connectivity index (χ3n) is 4.04. The highest BCUT2D eigenvalue weighted by Gasteiger charge is 2.12. The van der Waals surface area contributed by atoms with Gasteiger partial charge in [0.15, 0.2) is 5.75 Å². The molecule has 0 heterocycles. The maximum absolute atomic E-state index is 12.3. The number of benzene rings is 2. The Balaban J connectivity index is 2.09. The summed E-state index contributed by atoms with van der Waals surface area (Å²) >= 11 is -1.50. The summed E-state index contributed by atoms with van der Waals surface area (Å²) in [6, 6.07) is 10.7. The third-order valence-corrected chi connectivity index (χ3v) is 5.05. The topological polar surface area (TPSA) is 77.1 Å². The molecule has 0 amide bonds. The summed E-state index contributed by atoms with van der Waals surface area (Å²) in [6.07, 6.45) is 4.61. The Kier molecular flexibility index (Phi) is 8.64. The number of carbonyl (C=O) groups excluding carboxylic acids is 1. The summed E-state index contributed by atoms with van der Waals surface area (Å²) in [6.45, 7) is 0. The van der Waals surface area contributed by atoms with Crippen molar-refractivity contribution in [2.75, 3.05) is 34.2 Å². The van der Waals surface area contributed by atoms with Crippen molar-refractivity contribution in [3.63, 3.8) is 0 Å². The first-order chi connectivity index (χ1) is 14.0. The van der Waals surface area contributed by atoms with Gasteiger partial charge in [-0.1, -0.05) is 12.1 Å². The number of rotatable bonds is 10. The summed E-state index contributed by atoms with van der Waals surface area (Å²) in [4.78, 5) is 12.2. The molecule has 0 fully saturated rings. The molecule has 7 heteroatoms. The second-order valence-corrected chi connectivity index (χ2v) is 7.10. The maximum atomic E-state index is 12.3. The lowest BCUT2D eigenvalue weighted by molar-refractivity contribution is -0.112. The fraction of sp³-hybridized carbons (Fsp3) is 0.227. The average molecular weight is 416 g/mol. The van der Waals surface area contributed by atoms with Crippen LogP contribution in [0.1, 0.15) is 11.1 Å². The minimum absolute atomic E-state index is 0.151. The van der Waals surface area contributed by atoms with Crippen LogP contribution in [0.2, 0.25) is 0 Å². The molecule has 154 valence electrons. The molecule has 2 aromatic rings. The van der Waals surface area contributed by atoms with Gasteiger partial charge in [0.1, 0.15) is 28.4 Å². The lowest BCUT2D eigenvalue weighted by atomic mass is 10.1. The quantitative estimate of drug-likeness (QED) is 0.434. The standard InChI is InChI=1S/C22H24O6S/c1-25-19-7-5-8-20(26-2)17(19)12-11-16(23)15-29(24)14-13-18-21(27-3)9-6-10-22(18)28-4/h5-14H,15H2,1-4H3/b12-11+,14-13+. The summed E-state index contributed by atoms with van der Waals surface area (Å²) in [5.41, 5.74) is 1.30. The molecule has 2 rings (SSSR count). The van der Waals surface area contributed by atoms with Gasteiger partial charge in [0.05, 0.1) is 39.6 Å². The highest BCUT2D eigenvalue weighted by atomic mass is 32.2. The number of allylic oxidation sites excluding steroid dienone is 1. The Labute approximate surface area is 173 Å². The largest absolute Gasteiger partial charge is 0.612 e. The molecule has 0 bridgehead atoms. The fourth-order valence-corrected chi connectivity index (χ4v) is 3.41. The first kappa shape index (κ1) is 22.4. The molecule has 1 atom stereocenters. The van der Waals surface area contributed by atoms with Crippen molar-refractivity contribution in [3.05, 3.63) is 59.0 Å². The van der Waals surface area contributed by atoms with Crippen molar-refractivity contribution in [3.8, 4) is 23.0 Å². The number of carbonyl (C=O) groups is 1. The van der Waals surface area contributed by atoms with E-state index < -0.39 is 11.2 Å². The van der Waals surface area contributed by atoms with Crippen LogP contribution < -0.4 is 18.9 Å². The predicted molar refractivity (Wildman–Crippen MR) is 115 cm³/mol. The normalized spacial score (nSPS) is 12.2. The van der Waals surface area contributed by atoms with Gasteiger partial charge >= 0.3 is 0 Å². The molecular formula is C22H24O6S. The van der Waals surface area contributed by atoms with Gasteiger partial charge in [-0.25, -0.2) is 0 Å². The minimum atomic E-state index is -1.50. The third kappa shape index (κ3) is 6.04. The predicted octanol–water partition coefficient (Wildman–Crippen LogP) is 3.72. The van der Waals surface area contributed by atoms with E-state index >= 15 is 0 Å². The van der Waals surface area contributed by atoms with Gasteiger partial charge in [-0.15, -0.1) is 0 Å².